The number of pyridine rings is 2. The third-order valence-corrected chi connectivity index (χ3v) is 2.82. The zero-order valence-electron chi connectivity index (χ0n) is 11.2. The minimum atomic E-state index is 0.441. The average molecular weight is 327 g/mol. The number of aromatic nitrogens is 2. The molecule has 2 aromatic heterocycles. The lowest BCUT2D eigenvalue weighted by Gasteiger charge is -1.99. The SMILES string of the molecule is CB(C)c1cncc(C#N)c1.N#Cc1cncc(Br)c1. The Kier molecular flexibility index (Phi) is 6.42. The smallest absolute Gasteiger partial charge is 0.171 e. The quantitative estimate of drug-likeness (QED) is 0.755. The number of hydrogen-bond donors (Lipinski definition) is 0. The lowest BCUT2D eigenvalue weighted by Crippen LogP contribution is -2.23. The normalized spacial score (nSPS) is 8.65. The monoisotopic (exact) mass is 326 g/mol. The maximum Gasteiger partial charge on any atom is 0.171 e. The van der Waals surface area contributed by atoms with Gasteiger partial charge in [-0.2, -0.15) is 10.5 Å². The highest BCUT2D eigenvalue weighted by atomic mass is 79.9. The van der Waals surface area contributed by atoms with Crippen molar-refractivity contribution in [2.24, 2.45) is 0 Å². The van der Waals surface area contributed by atoms with E-state index >= 15 is 0 Å². The molecule has 0 aliphatic carbocycles. The van der Waals surface area contributed by atoms with Crippen LogP contribution in [0.2, 0.25) is 13.6 Å². The van der Waals surface area contributed by atoms with Crippen LogP contribution >= 0.6 is 15.9 Å². The van der Waals surface area contributed by atoms with E-state index in [-0.39, 0.29) is 0 Å². The maximum atomic E-state index is 8.55. The predicted molar refractivity (Wildman–Crippen MR) is 82.7 cm³/mol. The van der Waals surface area contributed by atoms with Crippen molar-refractivity contribution >= 4 is 28.1 Å². The Morgan fingerprint density at radius 3 is 1.95 bits per heavy atom. The molecule has 0 saturated heterocycles. The molecule has 0 atom stereocenters. The van der Waals surface area contributed by atoms with Gasteiger partial charge in [0, 0.05) is 29.3 Å². The molecule has 0 aliphatic heterocycles. The largest absolute Gasteiger partial charge is 0.264 e. The van der Waals surface area contributed by atoms with Crippen LogP contribution in [0, 0.1) is 22.7 Å². The molecule has 4 nitrogen and oxygen atoms in total. The highest BCUT2D eigenvalue weighted by Gasteiger charge is 2.02. The number of rotatable bonds is 1. The standard InChI is InChI=1S/C8H9BN2.C6H3BrN2/c1-9(2)8-3-7(4-10)5-11-6-8;7-6-1-5(2-8)3-9-4-6/h3,5-6H,1-2H3;1,3-4H. The summed E-state index contributed by atoms with van der Waals surface area (Å²) in [6, 6.07) is 7.62. The summed E-state index contributed by atoms with van der Waals surface area (Å²) in [4.78, 5) is 7.74. The van der Waals surface area contributed by atoms with Gasteiger partial charge in [0.2, 0.25) is 0 Å². The van der Waals surface area contributed by atoms with Crippen molar-refractivity contribution in [1.29, 1.82) is 10.5 Å². The van der Waals surface area contributed by atoms with Gasteiger partial charge in [-0.15, -0.1) is 0 Å². The molecule has 0 N–H and O–H groups in total. The molecule has 0 amide bonds. The summed E-state index contributed by atoms with van der Waals surface area (Å²) in [5.41, 5.74) is 2.32. The molecule has 0 aliphatic rings. The van der Waals surface area contributed by atoms with Gasteiger partial charge in [0.25, 0.3) is 0 Å². The lowest BCUT2D eigenvalue weighted by molar-refractivity contribution is 1.28. The van der Waals surface area contributed by atoms with Gasteiger partial charge < -0.3 is 0 Å². The zero-order chi connectivity index (χ0) is 15.0. The Morgan fingerprint density at radius 1 is 0.950 bits per heavy atom. The van der Waals surface area contributed by atoms with E-state index in [4.69, 9.17) is 10.5 Å². The van der Waals surface area contributed by atoms with Gasteiger partial charge in [-0.1, -0.05) is 19.1 Å². The molecule has 0 bridgehead atoms. The summed E-state index contributed by atoms with van der Waals surface area (Å²) >= 11 is 3.19. The van der Waals surface area contributed by atoms with Crippen LogP contribution in [0.3, 0.4) is 0 Å². The summed E-state index contributed by atoms with van der Waals surface area (Å²) in [7, 11) is 0. The van der Waals surface area contributed by atoms with Crippen LogP contribution in [-0.2, 0) is 0 Å². The van der Waals surface area contributed by atoms with Crippen molar-refractivity contribution in [2.45, 2.75) is 13.6 Å². The summed E-state index contributed by atoms with van der Waals surface area (Å²) in [6.07, 6.45) is 6.53. The molecule has 20 heavy (non-hydrogen) atoms. The highest BCUT2D eigenvalue weighted by molar-refractivity contribution is 9.10. The topological polar surface area (TPSA) is 73.4 Å². The second-order valence-electron chi connectivity index (χ2n) is 4.28. The van der Waals surface area contributed by atoms with Crippen molar-refractivity contribution in [1.82, 2.24) is 9.97 Å². The molecule has 0 fully saturated rings. The van der Waals surface area contributed by atoms with Gasteiger partial charge in [-0.3, -0.25) is 9.97 Å². The van der Waals surface area contributed by atoms with E-state index in [0.29, 0.717) is 17.8 Å². The van der Waals surface area contributed by atoms with Crippen LogP contribution in [0.5, 0.6) is 0 Å². The van der Waals surface area contributed by atoms with Crippen LogP contribution in [-0.4, -0.2) is 16.7 Å². The maximum absolute atomic E-state index is 8.55. The zero-order valence-corrected chi connectivity index (χ0v) is 12.8. The molecule has 0 radical (unpaired) electrons. The van der Waals surface area contributed by atoms with Crippen LogP contribution in [0.4, 0.5) is 0 Å². The minimum Gasteiger partial charge on any atom is -0.264 e. The Balaban J connectivity index is 0.000000204. The second kappa shape index (κ2) is 8.09. The number of hydrogen-bond acceptors (Lipinski definition) is 4. The molecular formula is C14H12BBrN4. The van der Waals surface area contributed by atoms with E-state index < -0.39 is 0 Å². The van der Waals surface area contributed by atoms with E-state index in [9.17, 15) is 0 Å². The van der Waals surface area contributed by atoms with Crippen molar-refractivity contribution in [3.63, 3.8) is 0 Å². The van der Waals surface area contributed by atoms with Gasteiger partial charge in [0.15, 0.2) is 6.71 Å². The van der Waals surface area contributed by atoms with Crippen LogP contribution in [0.1, 0.15) is 11.1 Å². The Labute approximate surface area is 127 Å². The summed E-state index contributed by atoms with van der Waals surface area (Å²) in [5, 5.41) is 16.9. The third-order valence-electron chi connectivity index (χ3n) is 2.39. The summed E-state index contributed by atoms with van der Waals surface area (Å²) < 4.78 is 0.835. The summed E-state index contributed by atoms with van der Waals surface area (Å²) in [5.74, 6) is 0. The van der Waals surface area contributed by atoms with Crippen molar-refractivity contribution in [3.05, 3.63) is 52.5 Å². The number of nitrogens with zero attached hydrogens (tertiary/aromatic N) is 4. The molecule has 2 aromatic rings. The molecule has 0 saturated carbocycles. The van der Waals surface area contributed by atoms with Crippen molar-refractivity contribution in [2.75, 3.05) is 0 Å². The molecule has 0 aromatic carbocycles. The fraction of sp³-hybridized carbons (Fsp3) is 0.143. The van der Waals surface area contributed by atoms with Crippen molar-refractivity contribution in [3.8, 4) is 12.1 Å². The van der Waals surface area contributed by atoms with Gasteiger partial charge in [-0.25, -0.2) is 0 Å². The third kappa shape index (κ3) is 5.21. The molecular weight excluding hydrogens is 315 g/mol. The molecule has 0 unspecified atom stereocenters. The first-order valence-corrected chi connectivity index (χ1v) is 6.71. The van der Waals surface area contributed by atoms with E-state index in [1.165, 1.54) is 6.20 Å². The van der Waals surface area contributed by atoms with E-state index in [0.717, 1.165) is 9.94 Å². The second-order valence-corrected chi connectivity index (χ2v) is 5.19. The summed E-state index contributed by atoms with van der Waals surface area (Å²) in [6.45, 7) is 4.60. The minimum absolute atomic E-state index is 0.441. The van der Waals surface area contributed by atoms with Gasteiger partial charge in [-0.05, 0) is 28.1 Å². The molecule has 98 valence electrons. The van der Waals surface area contributed by atoms with Gasteiger partial charge in [0.05, 0.1) is 11.1 Å². The van der Waals surface area contributed by atoms with Gasteiger partial charge >= 0.3 is 0 Å². The highest BCUT2D eigenvalue weighted by Crippen LogP contribution is 2.07. The fourth-order valence-electron chi connectivity index (χ4n) is 1.31. The first kappa shape index (κ1) is 15.9. The van der Waals surface area contributed by atoms with Crippen molar-refractivity contribution < 1.29 is 0 Å². The lowest BCUT2D eigenvalue weighted by atomic mass is 9.50. The van der Waals surface area contributed by atoms with E-state index in [1.807, 2.05) is 12.1 Å². The first-order chi connectivity index (χ1) is 9.56. The van der Waals surface area contributed by atoms with E-state index in [2.05, 4.69) is 45.6 Å². The van der Waals surface area contributed by atoms with Crippen LogP contribution in [0.15, 0.2) is 41.4 Å². The van der Waals surface area contributed by atoms with Gasteiger partial charge in [0.1, 0.15) is 12.1 Å². The van der Waals surface area contributed by atoms with Crippen LogP contribution < -0.4 is 5.46 Å². The molecule has 6 heteroatoms. The predicted octanol–water partition coefficient (Wildman–Crippen LogP) is 2.63. The Morgan fingerprint density at radius 2 is 1.50 bits per heavy atom. The fourth-order valence-corrected chi connectivity index (χ4v) is 1.67. The molecule has 2 heterocycles. The number of halogens is 1. The van der Waals surface area contributed by atoms with Crippen LogP contribution in [0.25, 0.3) is 0 Å². The Hall–Kier alpha value is -2.18. The molecule has 0 spiro atoms. The average Bonchev–Trinajstić information content (AvgIpc) is 2.48. The van der Waals surface area contributed by atoms with E-state index in [1.54, 1.807) is 24.7 Å². The number of nitriles is 2. The molecule has 2 rings (SSSR count). The Bertz CT molecular complexity index is 659. The first-order valence-electron chi connectivity index (χ1n) is 5.92.